The molecule has 3 heteroatoms. The van der Waals surface area contributed by atoms with E-state index in [2.05, 4.69) is 18.7 Å². The number of benzene rings is 1. The Morgan fingerprint density at radius 2 is 1.88 bits per heavy atom. The SMILES string of the molecule is C=C[C@H]1[C@@H](c2ccccc2)N1[S@](=O)C(C)(C)C. The molecule has 2 nitrogen and oxygen atoms in total. The monoisotopic (exact) mass is 249 g/mol. The van der Waals surface area contributed by atoms with Crippen LogP contribution in [-0.4, -0.2) is 19.3 Å². The summed E-state index contributed by atoms with van der Waals surface area (Å²) in [6, 6.07) is 10.6. The first-order valence-electron chi connectivity index (χ1n) is 5.84. The topological polar surface area (TPSA) is 20.1 Å². The fourth-order valence-corrected chi connectivity index (χ4v) is 3.44. The zero-order valence-electron chi connectivity index (χ0n) is 10.6. The van der Waals surface area contributed by atoms with Crippen molar-refractivity contribution in [2.24, 2.45) is 0 Å². The smallest absolute Gasteiger partial charge is 0.101 e. The third kappa shape index (κ3) is 2.35. The largest absolute Gasteiger partial charge is 0.242 e. The molecule has 1 aliphatic heterocycles. The van der Waals surface area contributed by atoms with Gasteiger partial charge in [0.1, 0.15) is 11.0 Å². The minimum atomic E-state index is -0.976. The molecular weight excluding hydrogens is 230 g/mol. The maximum Gasteiger partial charge on any atom is 0.101 e. The van der Waals surface area contributed by atoms with Crippen LogP contribution >= 0.6 is 0 Å². The van der Waals surface area contributed by atoms with Crippen LogP contribution in [0.2, 0.25) is 0 Å². The van der Waals surface area contributed by atoms with Crippen molar-refractivity contribution in [2.45, 2.75) is 37.6 Å². The van der Waals surface area contributed by atoms with Crippen molar-refractivity contribution >= 4 is 11.0 Å². The van der Waals surface area contributed by atoms with Gasteiger partial charge in [-0.2, -0.15) is 0 Å². The molecule has 17 heavy (non-hydrogen) atoms. The van der Waals surface area contributed by atoms with Gasteiger partial charge >= 0.3 is 0 Å². The van der Waals surface area contributed by atoms with E-state index in [0.717, 1.165) is 0 Å². The molecule has 0 aromatic heterocycles. The molecule has 2 rings (SSSR count). The lowest BCUT2D eigenvalue weighted by Crippen LogP contribution is -2.28. The van der Waals surface area contributed by atoms with Crippen molar-refractivity contribution in [3.05, 3.63) is 48.6 Å². The summed E-state index contributed by atoms with van der Waals surface area (Å²) in [5, 5.41) is 0. The zero-order chi connectivity index (χ0) is 12.6. The van der Waals surface area contributed by atoms with Crippen molar-refractivity contribution in [2.75, 3.05) is 0 Å². The van der Waals surface area contributed by atoms with Crippen LogP contribution in [0.25, 0.3) is 0 Å². The van der Waals surface area contributed by atoms with Crippen LogP contribution in [0, 0.1) is 0 Å². The summed E-state index contributed by atoms with van der Waals surface area (Å²) in [4.78, 5) is 0. The molecule has 1 aliphatic rings. The predicted octanol–water partition coefficient (Wildman–Crippen LogP) is 3.06. The second kappa shape index (κ2) is 4.39. The fourth-order valence-electron chi connectivity index (χ4n) is 1.99. The van der Waals surface area contributed by atoms with Gasteiger partial charge in [-0.15, -0.1) is 6.58 Å². The van der Waals surface area contributed by atoms with Crippen LogP contribution in [0.15, 0.2) is 43.0 Å². The zero-order valence-corrected chi connectivity index (χ0v) is 11.4. The molecule has 1 aromatic carbocycles. The molecule has 0 radical (unpaired) electrons. The van der Waals surface area contributed by atoms with Crippen molar-refractivity contribution in [3.8, 4) is 0 Å². The van der Waals surface area contributed by atoms with E-state index in [1.807, 2.05) is 49.4 Å². The van der Waals surface area contributed by atoms with Crippen LogP contribution in [0.4, 0.5) is 0 Å². The Balaban J connectivity index is 2.22. The molecule has 0 saturated carbocycles. The Morgan fingerprint density at radius 3 is 2.35 bits per heavy atom. The van der Waals surface area contributed by atoms with Gasteiger partial charge in [-0.05, 0) is 26.3 Å². The Kier molecular flexibility index (Phi) is 3.23. The lowest BCUT2D eigenvalue weighted by atomic mass is 10.1. The van der Waals surface area contributed by atoms with Gasteiger partial charge in [-0.3, -0.25) is 0 Å². The minimum Gasteiger partial charge on any atom is -0.242 e. The highest BCUT2D eigenvalue weighted by Gasteiger charge is 2.52. The van der Waals surface area contributed by atoms with Crippen LogP contribution in [0.1, 0.15) is 32.4 Å². The van der Waals surface area contributed by atoms with Gasteiger partial charge in [0.25, 0.3) is 0 Å². The van der Waals surface area contributed by atoms with E-state index in [1.54, 1.807) is 0 Å². The van der Waals surface area contributed by atoms with Gasteiger partial charge in [-0.25, -0.2) is 8.51 Å². The van der Waals surface area contributed by atoms with E-state index >= 15 is 0 Å². The van der Waals surface area contributed by atoms with Gasteiger partial charge < -0.3 is 0 Å². The molecule has 1 aromatic rings. The van der Waals surface area contributed by atoms with Crippen molar-refractivity contribution in [3.63, 3.8) is 0 Å². The molecule has 1 heterocycles. The standard InChI is InChI=1S/C14H19NOS/c1-5-12-13(11-9-7-6-8-10-11)15(12)17(16)14(2,3)4/h5-10,12-13H,1H2,2-4H3/t12-,13+,15?,17+/m0/s1. The Morgan fingerprint density at radius 1 is 1.29 bits per heavy atom. The van der Waals surface area contributed by atoms with E-state index in [0.29, 0.717) is 0 Å². The van der Waals surface area contributed by atoms with E-state index < -0.39 is 11.0 Å². The van der Waals surface area contributed by atoms with E-state index in [9.17, 15) is 4.21 Å². The van der Waals surface area contributed by atoms with Gasteiger partial charge in [0.2, 0.25) is 0 Å². The molecule has 0 amide bonds. The molecule has 0 spiro atoms. The highest BCUT2D eigenvalue weighted by molar-refractivity contribution is 7.84. The maximum atomic E-state index is 12.4. The third-order valence-electron chi connectivity index (χ3n) is 2.90. The van der Waals surface area contributed by atoms with Crippen LogP contribution < -0.4 is 0 Å². The summed E-state index contributed by atoms with van der Waals surface area (Å²) in [5.74, 6) is 0. The molecule has 0 N–H and O–H groups in total. The Bertz CT molecular complexity index is 435. The van der Waals surface area contributed by atoms with E-state index in [-0.39, 0.29) is 16.8 Å². The summed E-state index contributed by atoms with van der Waals surface area (Å²) in [7, 11) is -0.976. The molecule has 4 atom stereocenters. The molecular formula is C14H19NOS. The molecule has 1 fully saturated rings. The first kappa shape index (κ1) is 12.5. The van der Waals surface area contributed by atoms with Gasteiger partial charge in [0.05, 0.1) is 16.8 Å². The summed E-state index contributed by atoms with van der Waals surface area (Å²) < 4.78 is 14.2. The van der Waals surface area contributed by atoms with Crippen LogP contribution in [0.3, 0.4) is 0 Å². The van der Waals surface area contributed by atoms with Crippen molar-refractivity contribution in [1.82, 2.24) is 4.31 Å². The highest BCUT2D eigenvalue weighted by atomic mass is 32.2. The highest BCUT2D eigenvalue weighted by Crippen LogP contribution is 2.47. The summed E-state index contributed by atoms with van der Waals surface area (Å²) in [5.41, 5.74) is 1.22. The lowest BCUT2D eigenvalue weighted by Gasteiger charge is -2.18. The average molecular weight is 249 g/mol. The summed E-state index contributed by atoms with van der Waals surface area (Å²) in [6.45, 7) is 9.85. The minimum absolute atomic E-state index is 0.206. The average Bonchev–Trinajstić information content (AvgIpc) is 3.02. The Hall–Kier alpha value is -0.930. The molecule has 1 saturated heterocycles. The van der Waals surface area contributed by atoms with Crippen LogP contribution in [0.5, 0.6) is 0 Å². The van der Waals surface area contributed by atoms with Crippen molar-refractivity contribution < 1.29 is 4.21 Å². The Labute approximate surface area is 106 Å². The van der Waals surface area contributed by atoms with Crippen molar-refractivity contribution in [1.29, 1.82) is 0 Å². The number of rotatable bonds is 3. The molecule has 1 unspecified atom stereocenters. The predicted molar refractivity (Wildman–Crippen MR) is 72.9 cm³/mol. The van der Waals surface area contributed by atoms with E-state index in [1.165, 1.54) is 5.56 Å². The number of hydrogen-bond acceptors (Lipinski definition) is 1. The number of nitrogens with zero attached hydrogens (tertiary/aromatic N) is 1. The quantitative estimate of drug-likeness (QED) is 0.595. The maximum absolute atomic E-state index is 12.4. The van der Waals surface area contributed by atoms with E-state index in [4.69, 9.17) is 0 Å². The second-order valence-electron chi connectivity index (χ2n) is 5.30. The fraction of sp³-hybridized carbons (Fsp3) is 0.429. The van der Waals surface area contributed by atoms with Gasteiger partial charge in [-0.1, -0.05) is 36.4 Å². The first-order valence-corrected chi connectivity index (χ1v) is 6.95. The molecule has 0 bridgehead atoms. The lowest BCUT2D eigenvalue weighted by molar-refractivity contribution is 0.603. The third-order valence-corrected chi connectivity index (χ3v) is 4.80. The normalized spacial score (nSPS) is 29.7. The van der Waals surface area contributed by atoms with Gasteiger partial charge in [0.15, 0.2) is 0 Å². The molecule has 0 aliphatic carbocycles. The summed E-state index contributed by atoms with van der Waals surface area (Å²) in [6.07, 6.45) is 1.89. The first-order chi connectivity index (χ1) is 7.96. The second-order valence-corrected chi connectivity index (χ2v) is 7.45. The molecule has 92 valence electrons. The van der Waals surface area contributed by atoms with Crippen LogP contribution in [-0.2, 0) is 11.0 Å². The van der Waals surface area contributed by atoms with Gasteiger partial charge in [0, 0.05) is 0 Å². The number of hydrogen-bond donors (Lipinski definition) is 0. The summed E-state index contributed by atoms with van der Waals surface area (Å²) >= 11 is 0.